The summed E-state index contributed by atoms with van der Waals surface area (Å²) in [5.41, 5.74) is 0. The number of piperidine rings is 1. The number of nitrogens with zero attached hydrogens (tertiary/aromatic N) is 1. The molecule has 3 fully saturated rings. The Morgan fingerprint density at radius 2 is 1.67 bits per heavy atom. The molecule has 3 heteroatoms. The monoisotopic (exact) mass is 250 g/mol. The van der Waals surface area contributed by atoms with Crippen LogP contribution in [-0.2, 0) is 4.79 Å². The van der Waals surface area contributed by atoms with E-state index in [1.807, 2.05) is 0 Å². The summed E-state index contributed by atoms with van der Waals surface area (Å²) in [5.74, 6) is 1.78. The highest BCUT2D eigenvalue weighted by molar-refractivity contribution is 5.79. The maximum absolute atomic E-state index is 12.3. The molecule has 102 valence electrons. The maximum Gasteiger partial charge on any atom is 0.225 e. The first-order valence-corrected chi connectivity index (χ1v) is 7.85. The second-order valence-electron chi connectivity index (χ2n) is 6.43. The summed E-state index contributed by atoms with van der Waals surface area (Å²) in [7, 11) is 0. The van der Waals surface area contributed by atoms with Gasteiger partial charge in [-0.25, -0.2) is 0 Å². The number of hydrogen-bond acceptors (Lipinski definition) is 2. The highest BCUT2D eigenvalue weighted by Crippen LogP contribution is 2.29. The number of likely N-dealkylation sites (tertiary alicyclic amines) is 1. The topological polar surface area (TPSA) is 32.3 Å². The van der Waals surface area contributed by atoms with E-state index in [1.54, 1.807) is 0 Å². The molecule has 2 aliphatic carbocycles. The molecule has 0 aromatic heterocycles. The summed E-state index contributed by atoms with van der Waals surface area (Å²) in [5, 5.41) is 3.67. The Labute approximate surface area is 110 Å². The van der Waals surface area contributed by atoms with Crippen LogP contribution in [0.3, 0.4) is 0 Å². The molecule has 1 N–H and O–H groups in total. The fraction of sp³-hybridized carbons (Fsp3) is 0.933. The van der Waals surface area contributed by atoms with E-state index in [4.69, 9.17) is 0 Å². The molecule has 1 saturated heterocycles. The van der Waals surface area contributed by atoms with E-state index in [0.29, 0.717) is 17.9 Å². The highest BCUT2D eigenvalue weighted by Gasteiger charge is 2.30. The van der Waals surface area contributed by atoms with Crippen LogP contribution in [0.4, 0.5) is 0 Å². The summed E-state index contributed by atoms with van der Waals surface area (Å²) in [4.78, 5) is 14.4. The van der Waals surface area contributed by atoms with Gasteiger partial charge in [0.05, 0.1) is 0 Å². The standard InChI is InChI=1S/C15H26N2O/c18-15(13-3-1-2-4-13)17-9-7-14(8-10-17)16-11-12-5-6-12/h12-14,16H,1-11H2. The first-order valence-electron chi connectivity index (χ1n) is 7.85. The van der Waals surface area contributed by atoms with E-state index in [2.05, 4.69) is 10.2 Å². The number of rotatable bonds is 4. The van der Waals surface area contributed by atoms with Gasteiger partial charge in [0.2, 0.25) is 5.91 Å². The van der Waals surface area contributed by atoms with E-state index in [0.717, 1.165) is 44.7 Å². The van der Waals surface area contributed by atoms with E-state index in [-0.39, 0.29) is 0 Å². The number of hydrogen-bond donors (Lipinski definition) is 1. The van der Waals surface area contributed by atoms with Gasteiger partial charge in [-0.15, -0.1) is 0 Å². The molecular formula is C15H26N2O. The third-order valence-electron chi connectivity index (χ3n) is 4.90. The fourth-order valence-electron chi connectivity index (χ4n) is 3.39. The molecule has 1 heterocycles. The molecule has 0 radical (unpaired) electrons. The SMILES string of the molecule is O=C(C1CCCC1)N1CCC(NCC2CC2)CC1. The first kappa shape index (κ1) is 12.5. The van der Waals surface area contributed by atoms with Gasteiger partial charge in [-0.3, -0.25) is 4.79 Å². The normalized spacial score (nSPS) is 26.8. The molecule has 0 bridgehead atoms. The van der Waals surface area contributed by atoms with Crippen LogP contribution in [0.25, 0.3) is 0 Å². The van der Waals surface area contributed by atoms with Gasteiger partial charge >= 0.3 is 0 Å². The lowest BCUT2D eigenvalue weighted by molar-refractivity contribution is -0.136. The van der Waals surface area contributed by atoms with Crippen LogP contribution >= 0.6 is 0 Å². The van der Waals surface area contributed by atoms with Crippen molar-refractivity contribution in [2.45, 2.75) is 57.4 Å². The van der Waals surface area contributed by atoms with Gasteiger partial charge in [0, 0.05) is 25.0 Å². The van der Waals surface area contributed by atoms with Crippen LogP contribution in [0.2, 0.25) is 0 Å². The lowest BCUT2D eigenvalue weighted by Crippen LogP contribution is -2.46. The van der Waals surface area contributed by atoms with Gasteiger partial charge in [0.15, 0.2) is 0 Å². The zero-order chi connectivity index (χ0) is 12.4. The summed E-state index contributed by atoms with van der Waals surface area (Å²) >= 11 is 0. The van der Waals surface area contributed by atoms with E-state index >= 15 is 0 Å². The van der Waals surface area contributed by atoms with Crippen LogP contribution in [0.5, 0.6) is 0 Å². The summed E-state index contributed by atoms with van der Waals surface area (Å²) in [6.07, 6.45) is 9.96. The average Bonchev–Trinajstić information content (AvgIpc) is 3.08. The number of nitrogens with one attached hydrogen (secondary N) is 1. The predicted molar refractivity (Wildman–Crippen MR) is 72.3 cm³/mol. The Hall–Kier alpha value is -0.570. The minimum absolute atomic E-state index is 0.362. The van der Waals surface area contributed by atoms with Crippen molar-refractivity contribution in [3.05, 3.63) is 0 Å². The van der Waals surface area contributed by atoms with E-state index in [9.17, 15) is 4.79 Å². The Bertz CT molecular complexity index is 287. The van der Waals surface area contributed by atoms with Crippen molar-refractivity contribution in [1.29, 1.82) is 0 Å². The molecule has 3 rings (SSSR count). The van der Waals surface area contributed by atoms with Gasteiger partial charge in [-0.1, -0.05) is 12.8 Å². The maximum atomic E-state index is 12.3. The van der Waals surface area contributed by atoms with Crippen molar-refractivity contribution in [3.8, 4) is 0 Å². The lowest BCUT2D eigenvalue weighted by atomic mass is 10.0. The average molecular weight is 250 g/mol. The quantitative estimate of drug-likeness (QED) is 0.829. The van der Waals surface area contributed by atoms with E-state index < -0.39 is 0 Å². The van der Waals surface area contributed by atoms with Crippen LogP contribution in [0.15, 0.2) is 0 Å². The van der Waals surface area contributed by atoms with Crippen molar-refractivity contribution < 1.29 is 4.79 Å². The van der Waals surface area contributed by atoms with Crippen LogP contribution in [-0.4, -0.2) is 36.5 Å². The molecule has 0 spiro atoms. The predicted octanol–water partition coefficient (Wildman–Crippen LogP) is 2.17. The van der Waals surface area contributed by atoms with Crippen molar-refractivity contribution >= 4 is 5.91 Å². The fourth-order valence-corrected chi connectivity index (χ4v) is 3.39. The largest absolute Gasteiger partial charge is 0.342 e. The Morgan fingerprint density at radius 3 is 2.28 bits per heavy atom. The third-order valence-corrected chi connectivity index (χ3v) is 4.90. The van der Waals surface area contributed by atoms with Gasteiger partial charge in [0.1, 0.15) is 0 Å². The van der Waals surface area contributed by atoms with Crippen molar-refractivity contribution in [2.24, 2.45) is 11.8 Å². The second-order valence-corrected chi connectivity index (χ2v) is 6.43. The molecule has 2 saturated carbocycles. The molecule has 0 aromatic rings. The summed E-state index contributed by atoms with van der Waals surface area (Å²) in [6.45, 7) is 3.18. The number of amides is 1. The Kier molecular flexibility index (Phi) is 3.88. The van der Waals surface area contributed by atoms with Gasteiger partial charge < -0.3 is 10.2 Å². The third kappa shape index (κ3) is 3.05. The van der Waals surface area contributed by atoms with Gasteiger partial charge in [-0.2, -0.15) is 0 Å². The molecule has 3 nitrogen and oxygen atoms in total. The van der Waals surface area contributed by atoms with E-state index in [1.165, 1.54) is 32.2 Å². The van der Waals surface area contributed by atoms with Crippen molar-refractivity contribution in [2.75, 3.05) is 19.6 Å². The number of carbonyl (C=O) groups is 1. The molecule has 3 aliphatic rings. The minimum Gasteiger partial charge on any atom is -0.342 e. The molecule has 18 heavy (non-hydrogen) atoms. The van der Waals surface area contributed by atoms with Gasteiger partial charge in [-0.05, 0) is 51.0 Å². The van der Waals surface area contributed by atoms with Crippen LogP contribution in [0.1, 0.15) is 51.4 Å². The minimum atomic E-state index is 0.362. The van der Waals surface area contributed by atoms with Gasteiger partial charge in [0.25, 0.3) is 0 Å². The molecular weight excluding hydrogens is 224 g/mol. The lowest BCUT2D eigenvalue weighted by Gasteiger charge is -2.34. The molecule has 1 amide bonds. The zero-order valence-corrected chi connectivity index (χ0v) is 11.4. The van der Waals surface area contributed by atoms with Crippen molar-refractivity contribution in [3.63, 3.8) is 0 Å². The smallest absolute Gasteiger partial charge is 0.225 e. The van der Waals surface area contributed by atoms with Crippen LogP contribution < -0.4 is 5.32 Å². The second kappa shape index (κ2) is 5.60. The molecule has 0 atom stereocenters. The summed E-state index contributed by atoms with van der Waals surface area (Å²) in [6, 6.07) is 0.665. The Morgan fingerprint density at radius 1 is 1.00 bits per heavy atom. The highest BCUT2D eigenvalue weighted by atomic mass is 16.2. The zero-order valence-electron chi connectivity index (χ0n) is 11.4. The molecule has 1 aliphatic heterocycles. The Balaban J connectivity index is 1.39. The molecule has 0 aromatic carbocycles. The number of carbonyl (C=O) groups excluding carboxylic acids is 1. The van der Waals surface area contributed by atoms with Crippen LogP contribution in [0, 0.1) is 11.8 Å². The van der Waals surface area contributed by atoms with Crippen molar-refractivity contribution in [1.82, 2.24) is 10.2 Å². The summed E-state index contributed by atoms with van der Waals surface area (Å²) < 4.78 is 0. The first-order chi connectivity index (χ1) is 8.83. The molecule has 0 unspecified atom stereocenters.